The smallest absolute Gasteiger partial charge is 0.142 e. The van der Waals surface area contributed by atoms with Crippen LogP contribution in [0.2, 0.25) is 5.02 Å². The van der Waals surface area contributed by atoms with E-state index in [1.807, 2.05) is 18.2 Å². The van der Waals surface area contributed by atoms with Crippen molar-refractivity contribution in [3.05, 3.63) is 81.9 Å². The molecule has 1 fully saturated rings. The van der Waals surface area contributed by atoms with E-state index in [-0.39, 0.29) is 10.8 Å². The highest BCUT2D eigenvalue weighted by Gasteiger charge is 2.22. The average Bonchev–Trinajstić information content (AvgIpc) is 2.84. The highest BCUT2D eigenvalue weighted by atomic mass is 35.5. The minimum absolute atomic E-state index is 0.118. The molecular weight excluding hydrogens is 434 g/mol. The number of halogens is 3. The first-order valence-corrected chi connectivity index (χ1v) is 13.1. The summed E-state index contributed by atoms with van der Waals surface area (Å²) in [6, 6.07) is 15.0. The first kappa shape index (κ1) is 24.2. The monoisotopic (exact) mass is 468 g/mol. The summed E-state index contributed by atoms with van der Waals surface area (Å²) in [7, 11) is 0. The van der Waals surface area contributed by atoms with Gasteiger partial charge in [0.05, 0.1) is 5.02 Å². The van der Waals surface area contributed by atoms with Crippen molar-refractivity contribution >= 4 is 22.4 Å². The van der Waals surface area contributed by atoms with Crippen LogP contribution in [0.5, 0.6) is 0 Å². The second-order valence-electron chi connectivity index (χ2n) is 9.83. The molecule has 0 N–H and O–H groups in total. The first-order chi connectivity index (χ1) is 16.0. The molecule has 33 heavy (non-hydrogen) atoms. The molecule has 0 heterocycles. The van der Waals surface area contributed by atoms with Gasteiger partial charge in [0.15, 0.2) is 0 Å². The maximum atomic E-state index is 15.2. The summed E-state index contributed by atoms with van der Waals surface area (Å²) in [6.07, 6.45) is 13.1. The topological polar surface area (TPSA) is 0 Å². The van der Waals surface area contributed by atoms with Gasteiger partial charge in [0.1, 0.15) is 11.6 Å². The van der Waals surface area contributed by atoms with Crippen molar-refractivity contribution < 1.29 is 8.78 Å². The van der Waals surface area contributed by atoms with Crippen LogP contribution in [0.15, 0.2) is 48.5 Å². The van der Waals surface area contributed by atoms with Gasteiger partial charge in [-0.2, -0.15) is 0 Å². The Hall–Kier alpha value is -1.93. The van der Waals surface area contributed by atoms with Crippen molar-refractivity contribution in [2.45, 2.75) is 83.5 Å². The predicted molar refractivity (Wildman–Crippen MR) is 136 cm³/mol. The molecule has 1 aliphatic rings. The highest BCUT2D eigenvalue weighted by molar-refractivity contribution is 6.30. The SMILES string of the molecule is CCCCCCC1CCC(c2ccc3c(F)c(CCc4ccc(Cl)c(F)c4)ccc3c2)CC1. The third-order valence-electron chi connectivity index (χ3n) is 7.51. The second-order valence-corrected chi connectivity index (χ2v) is 10.2. The molecule has 0 aliphatic heterocycles. The van der Waals surface area contributed by atoms with Crippen LogP contribution < -0.4 is 0 Å². The van der Waals surface area contributed by atoms with Crippen molar-refractivity contribution in [3.8, 4) is 0 Å². The third-order valence-corrected chi connectivity index (χ3v) is 7.82. The fraction of sp³-hybridized carbons (Fsp3) is 0.467. The summed E-state index contributed by atoms with van der Waals surface area (Å²) in [6.45, 7) is 2.27. The van der Waals surface area contributed by atoms with E-state index in [0.717, 1.165) is 16.9 Å². The van der Waals surface area contributed by atoms with Crippen LogP contribution in [0, 0.1) is 17.6 Å². The lowest BCUT2D eigenvalue weighted by Gasteiger charge is -2.29. The first-order valence-electron chi connectivity index (χ1n) is 12.7. The number of unbranched alkanes of at least 4 members (excludes halogenated alkanes) is 3. The molecule has 3 aromatic rings. The Bertz CT molecular complexity index is 1070. The molecule has 0 saturated heterocycles. The molecule has 0 nitrogen and oxygen atoms in total. The Morgan fingerprint density at radius 1 is 0.848 bits per heavy atom. The van der Waals surface area contributed by atoms with Crippen molar-refractivity contribution in [2.75, 3.05) is 0 Å². The van der Waals surface area contributed by atoms with E-state index in [9.17, 15) is 4.39 Å². The van der Waals surface area contributed by atoms with Crippen LogP contribution in [0.1, 0.15) is 87.3 Å². The lowest BCUT2D eigenvalue weighted by atomic mass is 9.76. The van der Waals surface area contributed by atoms with Gasteiger partial charge >= 0.3 is 0 Å². The lowest BCUT2D eigenvalue weighted by molar-refractivity contribution is 0.302. The molecule has 3 aromatic carbocycles. The highest BCUT2D eigenvalue weighted by Crippen LogP contribution is 2.39. The summed E-state index contributed by atoms with van der Waals surface area (Å²) in [5, 5.41) is 1.78. The van der Waals surface area contributed by atoms with E-state index < -0.39 is 5.82 Å². The van der Waals surface area contributed by atoms with Gasteiger partial charge in [0.2, 0.25) is 0 Å². The summed E-state index contributed by atoms with van der Waals surface area (Å²) in [5.74, 6) is 0.923. The Morgan fingerprint density at radius 3 is 2.42 bits per heavy atom. The quantitative estimate of drug-likeness (QED) is 0.274. The van der Waals surface area contributed by atoms with E-state index in [4.69, 9.17) is 11.6 Å². The van der Waals surface area contributed by atoms with Crippen molar-refractivity contribution in [2.24, 2.45) is 5.92 Å². The Labute approximate surface area is 202 Å². The Balaban J connectivity index is 1.38. The molecule has 0 aromatic heterocycles. The minimum atomic E-state index is -0.425. The second kappa shape index (κ2) is 11.5. The van der Waals surface area contributed by atoms with Crippen LogP contribution in [0.3, 0.4) is 0 Å². The molecule has 1 saturated carbocycles. The number of hydrogen-bond donors (Lipinski definition) is 0. The summed E-state index contributed by atoms with van der Waals surface area (Å²) < 4.78 is 28.9. The van der Waals surface area contributed by atoms with Crippen LogP contribution in [0.25, 0.3) is 10.8 Å². The van der Waals surface area contributed by atoms with Gasteiger partial charge in [-0.25, -0.2) is 8.78 Å². The molecule has 176 valence electrons. The Kier molecular flexibility index (Phi) is 8.41. The zero-order valence-corrected chi connectivity index (χ0v) is 20.4. The number of rotatable bonds is 9. The van der Waals surface area contributed by atoms with Crippen LogP contribution in [-0.4, -0.2) is 0 Å². The summed E-state index contributed by atoms with van der Waals surface area (Å²) >= 11 is 5.76. The van der Waals surface area contributed by atoms with Gasteiger partial charge in [-0.15, -0.1) is 0 Å². The summed E-state index contributed by atoms with van der Waals surface area (Å²) in [5.41, 5.74) is 2.86. The largest absolute Gasteiger partial charge is 0.206 e. The van der Waals surface area contributed by atoms with E-state index in [1.54, 1.807) is 12.1 Å². The molecule has 4 rings (SSSR count). The predicted octanol–water partition coefficient (Wildman–Crippen LogP) is 9.80. The minimum Gasteiger partial charge on any atom is -0.206 e. The molecule has 0 spiro atoms. The molecule has 0 atom stereocenters. The van der Waals surface area contributed by atoms with Crippen LogP contribution in [-0.2, 0) is 12.8 Å². The van der Waals surface area contributed by atoms with Crippen LogP contribution >= 0.6 is 11.6 Å². The number of hydrogen-bond acceptors (Lipinski definition) is 0. The van der Waals surface area contributed by atoms with Gasteiger partial charge in [-0.05, 0) is 84.6 Å². The Morgan fingerprint density at radius 2 is 1.67 bits per heavy atom. The number of aryl methyl sites for hydroxylation is 2. The molecule has 0 bridgehead atoms. The number of fused-ring (bicyclic) bond motifs is 1. The molecule has 0 radical (unpaired) electrons. The maximum Gasteiger partial charge on any atom is 0.142 e. The zero-order chi connectivity index (χ0) is 23.2. The van der Waals surface area contributed by atoms with Gasteiger partial charge in [0.25, 0.3) is 0 Å². The molecule has 0 unspecified atom stereocenters. The van der Waals surface area contributed by atoms with Gasteiger partial charge in [-0.3, -0.25) is 0 Å². The van der Waals surface area contributed by atoms with Crippen molar-refractivity contribution in [1.29, 1.82) is 0 Å². The lowest BCUT2D eigenvalue weighted by Crippen LogP contribution is -2.13. The van der Waals surface area contributed by atoms with Gasteiger partial charge < -0.3 is 0 Å². The molecule has 0 amide bonds. The van der Waals surface area contributed by atoms with Gasteiger partial charge in [-0.1, -0.05) is 87.0 Å². The van der Waals surface area contributed by atoms with Crippen LogP contribution in [0.4, 0.5) is 8.78 Å². The van der Waals surface area contributed by atoms with Crippen molar-refractivity contribution in [3.63, 3.8) is 0 Å². The fourth-order valence-electron chi connectivity index (χ4n) is 5.42. The molecule has 3 heteroatoms. The third kappa shape index (κ3) is 6.15. The average molecular weight is 469 g/mol. The molecule has 1 aliphatic carbocycles. The van der Waals surface area contributed by atoms with E-state index in [2.05, 4.69) is 19.1 Å². The van der Waals surface area contributed by atoms with Crippen molar-refractivity contribution in [1.82, 2.24) is 0 Å². The van der Waals surface area contributed by atoms with E-state index >= 15 is 4.39 Å². The zero-order valence-electron chi connectivity index (χ0n) is 19.7. The maximum absolute atomic E-state index is 15.2. The number of benzene rings is 3. The van der Waals surface area contributed by atoms with E-state index in [0.29, 0.717) is 29.7 Å². The molecular formula is C30H35ClF2. The normalized spacial score (nSPS) is 18.7. The fourth-order valence-corrected chi connectivity index (χ4v) is 5.54. The van der Waals surface area contributed by atoms with Gasteiger partial charge in [0, 0.05) is 5.39 Å². The summed E-state index contributed by atoms with van der Waals surface area (Å²) in [4.78, 5) is 0. The van der Waals surface area contributed by atoms with E-state index in [1.165, 1.54) is 69.4 Å². The standard InChI is InChI=1S/C30H35ClF2/c1-2-3-4-5-6-21-7-11-23(12-8-21)25-16-17-27-26(20-25)15-14-24(30(27)33)13-9-22-10-18-28(31)29(32)19-22/h10,14-21,23H,2-9,11-13H2,1H3.